The van der Waals surface area contributed by atoms with Crippen molar-refractivity contribution in [3.8, 4) is 0 Å². The normalized spacial score (nSPS) is 15.7. The molecule has 0 saturated carbocycles. The number of nitrogens with one attached hydrogen (secondary N) is 1. The molecule has 3 rings (SSSR count). The number of carbonyl (C=O) groups excluding carboxylic acids is 1. The summed E-state index contributed by atoms with van der Waals surface area (Å²) < 4.78 is 32.5. The fourth-order valence-corrected chi connectivity index (χ4v) is 4.89. The molecule has 0 unspecified atom stereocenters. The van der Waals surface area contributed by atoms with Crippen LogP contribution in [-0.2, 0) is 10.0 Å². The predicted molar refractivity (Wildman–Crippen MR) is 113 cm³/mol. The molecule has 1 N–H and O–H groups in total. The maximum Gasteiger partial charge on any atom is 0.291 e. The van der Waals surface area contributed by atoms with Crippen molar-refractivity contribution in [2.75, 3.05) is 56.5 Å². The van der Waals surface area contributed by atoms with E-state index in [0.717, 1.165) is 31.9 Å². The van der Waals surface area contributed by atoms with E-state index in [1.165, 1.54) is 10.6 Å². The summed E-state index contributed by atoms with van der Waals surface area (Å²) in [6.45, 7) is 7.75. The summed E-state index contributed by atoms with van der Waals surface area (Å²) in [5.41, 5.74) is 1.26. The molecule has 0 aliphatic carbocycles. The van der Waals surface area contributed by atoms with E-state index < -0.39 is 15.9 Å². The molecule has 1 aromatic heterocycles. The third-order valence-corrected chi connectivity index (χ3v) is 7.19. The Morgan fingerprint density at radius 3 is 2.41 bits per heavy atom. The van der Waals surface area contributed by atoms with Crippen LogP contribution in [0.2, 0.25) is 0 Å². The minimum absolute atomic E-state index is 0.161. The van der Waals surface area contributed by atoms with Gasteiger partial charge in [0.1, 0.15) is 0 Å². The Morgan fingerprint density at radius 1 is 1.14 bits per heavy atom. The third-order valence-electron chi connectivity index (χ3n) is 5.15. The molecule has 1 aliphatic heterocycles. The lowest BCUT2D eigenvalue weighted by Crippen LogP contribution is -2.44. The second-order valence-electron chi connectivity index (χ2n) is 6.99. The van der Waals surface area contributed by atoms with Crippen molar-refractivity contribution in [1.29, 1.82) is 0 Å². The first-order valence-corrected chi connectivity index (χ1v) is 11.2. The second-order valence-corrected chi connectivity index (χ2v) is 8.93. The van der Waals surface area contributed by atoms with Crippen LogP contribution in [0.4, 0.5) is 11.4 Å². The maximum atomic E-state index is 13.0. The molecular weight excluding hydrogens is 392 g/mol. The summed E-state index contributed by atoms with van der Waals surface area (Å²) in [6, 6.07) is 8.14. The molecule has 0 radical (unpaired) electrons. The number of piperazine rings is 1. The maximum absolute atomic E-state index is 13.0. The summed E-state index contributed by atoms with van der Waals surface area (Å²) in [5, 5.41) is 2.84. The third kappa shape index (κ3) is 4.63. The topological polar surface area (TPSA) is 86.1 Å². The molecule has 1 saturated heterocycles. The van der Waals surface area contributed by atoms with Crippen molar-refractivity contribution in [3.63, 3.8) is 0 Å². The van der Waals surface area contributed by atoms with Gasteiger partial charge in [-0.25, -0.2) is 8.42 Å². The lowest BCUT2D eigenvalue weighted by molar-refractivity contribution is 0.0996. The van der Waals surface area contributed by atoms with Gasteiger partial charge in [-0.2, -0.15) is 4.31 Å². The van der Waals surface area contributed by atoms with E-state index in [1.807, 2.05) is 0 Å². The van der Waals surface area contributed by atoms with Gasteiger partial charge >= 0.3 is 0 Å². The second kappa shape index (κ2) is 8.98. The summed E-state index contributed by atoms with van der Waals surface area (Å²) in [7, 11) is -1.57. The van der Waals surface area contributed by atoms with Crippen LogP contribution in [0.5, 0.6) is 0 Å². The number of hydrogen-bond acceptors (Lipinski definition) is 6. The number of carbonyl (C=O) groups is 1. The van der Waals surface area contributed by atoms with Crippen molar-refractivity contribution in [3.05, 3.63) is 42.4 Å². The Morgan fingerprint density at radius 2 is 1.83 bits per heavy atom. The molecule has 158 valence electrons. The molecule has 2 aromatic rings. The monoisotopic (exact) mass is 420 g/mol. The Hall–Kier alpha value is -2.36. The largest absolute Gasteiger partial charge is 0.459 e. The molecule has 29 heavy (non-hydrogen) atoms. The molecule has 9 heteroatoms. The summed E-state index contributed by atoms with van der Waals surface area (Å²) in [6.07, 6.45) is 1.43. The zero-order valence-electron chi connectivity index (χ0n) is 17.1. The predicted octanol–water partition coefficient (Wildman–Crippen LogP) is 2.31. The highest BCUT2D eigenvalue weighted by molar-refractivity contribution is 7.89. The van der Waals surface area contributed by atoms with Crippen LogP contribution in [0.25, 0.3) is 0 Å². The Balaban J connectivity index is 1.99. The average Bonchev–Trinajstić information content (AvgIpc) is 3.24. The highest BCUT2D eigenvalue weighted by Gasteiger charge is 2.25. The zero-order chi connectivity index (χ0) is 21.0. The van der Waals surface area contributed by atoms with Crippen molar-refractivity contribution in [1.82, 2.24) is 9.21 Å². The van der Waals surface area contributed by atoms with Gasteiger partial charge in [-0.3, -0.25) is 4.79 Å². The number of hydrogen-bond donors (Lipinski definition) is 1. The first-order chi connectivity index (χ1) is 13.9. The van der Waals surface area contributed by atoms with E-state index >= 15 is 0 Å². The molecule has 8 nitrogen and oxygen atoms in total. The van der Waals surface area contributed by atoms with Crippen LogP contribution in [0.3, 0.4) is 0 Å². The van der Waals surface area contributed by atoms with Gasteiger partial charge in [-0.1, -0.05) is 13.8 Å². The van der Waals surface area contributed by atoms with E-state index in [1.54, 1.807) is 44.2 Å². The average molecular weight is 421 g/mol. The summed E-state index contributed by atoms with van der Waals surface area (Å²) in [5.74, 6) is -0.242. The first-order valence-electron chi connectivity index (χ1n) is 9.79. The Kier molecular flexibility index (Phi) is 6.61. The van der Waals surface area contributed by atoms with Crippen molar-refractivity contribution in [2.45, 2.75) is 18.7 Å². The SMILES string of the molecule is CCN(CC)S(=O)(=O)c1ccc(N2CCN(C)CC2)c(NC(=O)c2ccco2)c1. The van der Waals surface area contributed by atoms with Gasteiger partial charge in [-0.15, -0.1) is 0 Å². The molecule has 0 atom stereocenters. The Labute approximate surface area is 172 Å². The first kappa shape index (κ1) is 21.4. The lowest BCUT2D eigenvalue weighted by Gasteiger charge is -2.35. The highest BCUT2D eigenvalue weighted by Crippen LogP contribution is 2.31. The van der Waals surface area contributed by atoms with Gasteiger partial charge in [0.2, 0.25) is 10.0 Å². The molecule has 0 spiro atoms. The number of nitrogens with zero attached hydrogens (tertiary/aromatic N) is 3. The van der Waals surface area contributed by atoms with Gasteiger partial charge in [-0.05, 0) is 37.4 Å². The van der Waals surface area contributed by atoms with Crippen LogP contribution in [0.15, 0.2) is 45.9 Å². The van der Waals surface area contributed by atoms with Crippen LogP contribution in [0.1, 0.15) is 24.4 Å². The van der Waals surface area contributed by atoms with Gasteiger partial charge in [0, 0.05) is 39.3 Å². The van der Waals surface area contributed by atoms with Crippen molar-refractivity contribution >= 4 is 27.3 Å². The molecule has 1 amide bonds. The number of rotatable bonds is 7. The fourth-order valence-electron chi connectivity index (χ4n) is 3.40. The highest BCUT2D eigenvalue weighted by atomic mass is 32.2. The van der Waals surface area contributed by atoms with E-state index in [4.69, 9.17) is 4.42 Å². The molecule has 1 aromatic carbocycles. The van der Waals surface area contributed by atoms with Gasteiger partial charge in [0.15, 0.2) is 5.76 Å². The van der Waals surface area contributed by atoms with Crippen LogP contribution >= 0.6 is 0 Å². The smallest absolute Gasteiger partial charge is 0.291 e. The zero-order valence-corrected chi connectivity index (χ0v) is 17.9. The number of sulfonamides is 1. The minimum Gasteiger partial charge on any atom is -0.459 e. The van der Waals surface area contributed by atoms with E-state index in [0.29, 0.717) is 18.8 Å². The minimum atomic E-state index is -3.64. The Bertz CT molecular complexity index is 931. The number of anilines is 2. The molecule has 0 bridgehead atoms. The number of furan rings is 1. The van der Waals surface area contributed by atoms with E-state index in [2.05, 4.69) is 22.2 Å². The fraction of sp³-hybridized carbons (Fsp3) is 0.450. The molecular formula is C20H28N4O4S. The molecule has 2 heterocycles. The van der Waals surface area contributed by atoms with Crippen molar-refractivity contribution in [2.24, 2.45) is 0 Å². The number of benzene rings is 1. The lowest BCUT2D eigenvalue weighted by atomic mass is 10.2. The van der Waals surface area contributed by atoms with Crippen LogP contribution in [-0.4, -0.2) is 69.8 Å². The van der Waals surface area contributed by atoms with Gasteiger partial charge < -0.3 is 19.5 Å². The molecule has 1 aliphatic rings. The van der Waals surface area contributed by atoms with E-state index in [9.17, 15) is 13.2 Å². The van der Waals surface area contributed by atoms with Crippen LogP contribution in [0, 0.1) is 0 Å². The summed E-state index contributed by atoms with van der Waals surface area (Å²) in [4.78, 5) is 17.1. The van der Waals surface area contributed by atoms with E-state index in [-0.39, 0.29) is 10.7 Å². The number of amides is 1. The van der Waals surface area contributed by atoms with Crippen LogP contribution < -0.4 is 10.2 Å². The standard InChI is InChI=1S/C20H28N4O4S/c1-4-24(5-2)29(26,27)16-8-9-18(23-12-10-22(3)11-13-23)17(15-16)21-20(25)19-7-6-14-28-19/h6-9,14-15H,4-5,10-13H2,1-3H3,(H,21,25). The molecule has 1 fully saturated rings. The van der Waals surface area contributed by atoms with Crippen molar-refractivity contribution < 1.29 is 17.6 Å². The quantitative estimate of drug-likeness (QED) is 0.740. The number of likely N-dealkylation sites (N-methyl/N-ethyl adjacent to an activating group) is 1. The van der Waals surface area contributed by atoms with Gasteiger partial charge in [0.05, 0.1) is 22.5 Å². The van der Waals surface area contributed by atoms with Gasteiger partial charge in [0.25, 0.3) is 5.91 Å². The summed E-state index contributed by atoms with van der Waals surface area (Å²) >= 11 is 0.